The number of aliphatic carboxylic acids is 1. The van der Waals surface area contributed by atoms with E-state index in [1.807, 2.05) is 31.2 Å². The molecule has 4 nitrogen and oxygen atoms in total. The van der Waals surface area contributed by atoms with Gasteiger partial charge in [0, 0.05) is 5.75 Å². The van der Waals surface area contributed by atoms with Crippen LogP contribution in [0, 0.1) is 0 Å². The van der Waals surface area contributed by atoms with Gasteiger partial charge >= 0.3 is 5.97 Å². The number of nitrogens with one attached hydrogen (secondary N) is 1. The lowest BCUT2D eigenvalue weighted by Gasteiger charge is -2.12. The van der Waals surface area contributed by atoms with Crippen LogP contribution in [0.3, 0.4) is 0 Å². The summed E-state index contributed by atoms with van der Waals surface area (Å²) in [5.41, 5.74) is 1.09. The highest BCUT2D eigenvalue weighted by Gasteiger charge is 2.30. The Balaban J connectivity index is 2.01. The van der Waals surface area contributed by atoms with Gasteiger partial charge in [-0.05, 0) is 24.6 Å². The largest absolute Gasteiger partial charge is 0.494 e. The third kappa shape index (κ3) is 2.92. The summed E-state index contributed by atoms with van der Waals surface area (Å²) in [4.78, 5) is 10.8. The molecule has 1 saturated heterocycles. The lowest BCUT2D eigenvalue weighted by Crippen LogP contribution is -2.33. The van der Waals surface area contributed by atoms with E-state index in [0.717, 1.165) is 11.3 Å². The third-order valence-corrected chi connectivity index (χ3v) is 3.84. The van der Waals surface area contributed by atoms with Gasteiger partial charge < -0.3 is 9.84 Å². The predicted molar refractivity (Wildman–Crippen MR) is 67.4 cm³/mol. The predicted octanol–water partition coefficient (Wildman–Crippen LogP) is 1.87. The summed E-state index contributed by atoms with van der Waals surface area (Å²) in [6, 6.07) is 7.32. The lowest BCUT2D eigenvalue weighted by atomic mass is 10.2. The number of carbonyl (C=O) groups is 1. The Hall–Kier alpha value is -1.20. The SMILES string of the molecule is CCOc1ccc([C@H]2N[C@H](C(=O)O)CS2)cc1. The Morgan fingerprint density at radius 1 is 1.53 bits per heavy atom. The smallest absolute Gasteiger partial charge is 0.321 e. The van der Waals surface area contributed by atoms with E-state index in [0.29, 0.717) is 12.4 Å². The second-order valence-corrected chi connectivity index (χ2v) is 4.91. The molecule has 1 heterocycles. The van der Waals surface area contributed by atoms with Crippen molar-refractivity contribution < 1.29 is 14.6 Å². The van der Waals surface area contributed by atoms with E-state index in [-0.39, 0.29) is 5.37 Å². The van der Waals surface area contributed by atoms with Crippen molar-refractivity contribution in [2.24, 2.45) is 0 Å². The van der Waals surface area contributed by atoms with Gasteiger partial charge in [0.2, 0.25) is 0 Å². The van der Waals surface area contributed by atoms with Crippen molar-refractivity contribution in [1.82, 2.24) is 5.32 Å². The van der Waals surface area contributed by atoms with Crippen molar-refractivity contribution in [3.63, 3.8) is 0 Å². The van der Waals surface area contributed by atoms with Crippen LogP contribution in [0.1, 0.15) is 17.9 Å². The van der Waals surface area contributed by atoms with Crippen LogP contribution in [0.25, 0.3) is 0 Å². The first-order valence-corrected chi connectivity index (χ1v) is 6.59. The van der Waals surface area contributed by atoms with E-state index in [1.165, 1.54) is 0 Å². The van der Waals surface area contributed by atoms with Gasteiger partial charge in [0.1, 0.15) is 11.8 Å². The second-order valence-electron chi connectivity index (χ2n) is 3.77. The Labute approximate surface area is 104 Å². The first-order valence-electron chi connectivity index (χ1n) is 5.54. The summed E-state index contributed by atoms with van der Waals surface area (Å²) in [7, 11) is 0. The zero-order valence-corrected chi connectivity index (χ0v) is 10.4. The minimum absolute atomic E-state index is 0.0618. The van der Waals surface area contributed by atoms with Gasteiger partial charge in [0.15, 0.2) is 0 Å². The topological polar surface area (TPSA) is 58.6 Å². The maximum absolute atomic E-state index is 10.8. The molecular formula is C12H15NO3S. The molecule has 1 aliphatic heterocycles. The standard InChI is InChI=1S/C12H15NO3S/c1-2-16-9-5-3-8(4-6-9)11-13-10(7-17-11)12(14)15/h3-6,10-11,13H,2,7H2,1H3,(H,14,15)/t10-,11-/m0/s1. The molecule has 1 aromatic carbocycles. The quantitative estimate of drug-likeness (QED) is 0.858. The van der Waals surface area contributed by atoms with Crippen LogP contribution in [-0.4, -0.2) is 29.5 Å². The molecule has 0 radical (unpaired) electrons. The second kappa shape index (κ2) is 5.42. The van der Waals surface area contributed by atoms with Crippen molar-refractivity contribution in [2.45, 2.75) is 18.3 Å². The van der Waals surface area contributed by atoms with Crippen LogP contribution in [0.4, 0.5) is 0 Å². The molecule has 0 unspecified atom stereocenters. The maximum Gasteiger partial charge on any atom is 0.321 e. The highest BCUT2D eigenvalue weighted by molar-refractivity contribution is 7.99. The number of benzene rings is 1. The Bertz CT molecular complexity index is 393. The molecule has 2 N–H and O–H groups in total. The fraction of sp³-hybridized carbons (Fsp3) is 0.417. The van der Waals surface area contributed by atoms with E-state index in [9.17, 15) is 4.79 Å². The number of carboxylic acids is 1. The van der Waals surface area contributed by atoms with E-state index in [4.69, 9.17) is 9.84 Å². The summed E-state index contributed by atoms with van der Waals surface area (Å²) < 4.78 is 5.36. The number of carboxylic acid groups (broad SMARTS) is 1. The number of rotatable bonds is 4. The molecule has 0 aliphatic carbocycles. The van der Waals surface area contributed by atoms with Gasteiger partial charge in [-0.1, -0.05) is 12.1 Å². The molecule has 2 rings (SSSR count). The van der Waals surface area contributed by atoms with Crippen molar-refractivity contribution in [3.8, 4) is 5.75 Å². The lowest BCUT2D eigenvalue weighted by molar-refractivity contribution is -0.138. The number of ether oxygens (including phenoxy) is 1. The molecular weight excluding hydrogens is 238 g/mol. The summed E-state index contributed by atoms with van der Waals surface area (Å²) in [6.07, 6.45) is 0. The maximum atomic E-state index is 10.8. The normalized spacial score (nSPS) is 23.6. The molecule has 0 spiro atoms. The zero-order chi connectivity index (χ0) is 12.3. The molecule has 0 aromatic heterocycles. The average molecular weight is 253 g/mol. The molecule has 1 aromatic rings. The Kier molecular flexibility index (Phi) is 3.91. The van der Waals surface area contributed by atoms with Crippen molar-refractivity contribution in [1.29, 1.82) is 0 Å². The van der Waals surface area contributed by atoms with Crippen LogP contribution in [-0.2, 0) is 4.79 Å². The van der Waals surface area contributed by atoms with Crippen molar-refractivity contribution in [2.75, 3.05) is 12.4 Å². The van der Waals surface area contributed by atoms with Gasteiger partial charge in [-0.15, -0.1) is 11.8 Å². The Morgan fingerprint density at radius 2 is 2.24 bits per heavy atom. The van der Waals surface area contributed by atoms with E-state index in [2.05, 4.69) is 5.32 Å². The summed E-state index contributed by atoms with van der Waals surface area (Å²) >= 11 is 1.62. The summed E-state index contributed by atoms with van der Waals surface area (Å²) in [6.45, 7) is 2.59. The van der Waals surface area contributed by atoms with E-state index < -0.39 is 12.0 Å². The first kappa shape index (κ1) is 12.3. The molecule has 2 atom stereocenters. The minimum atomic E-state index is -0.786. The zero-order valence-electron chi connectivity index (χ0n) is 9.55. The average Bonchev–Trinajstić information content (AvgIpc) is 2.80. The Morgan fingerprint density at radius 3 is 2.76 bits per heavy atom. The van der Waals surface area contributed by atoms with Crippen LogP contribution in [0.15, 0.2) is 24.3 Å². The number of thioether (sulfide) groups is 1. The van der Waals surface area contributed by atoms with Gasteiger partial charge in [-0.25, -0.2) is 0 Å². The van der Waals surface area contributed by atoms with E-state index in [1.54, 1.807) is 11.8 Å². The molecule has 0 saturated carbocycles. The highest BCUT2D eigenvalue weighted by Crippen LogP contribution is 2.33. The first-order chi connectivity index (χ1) is 8.20. The third-order valence-electron chi connectivity index (χ3n) is 2.57. The van der Waals surface area contributed by atoms with Gasteiger partial charge in [0.05, 0.1) is 12.0 Å². The number of hydrogen-bond acceptors (Lipinski definition) is 4. The van der Waals surface area contributed by atoms with Crippen LogP contribution in [0.5, 0.6) is 5.75 Å². The molecule has 92 valence electrons. The molecule has 1 fully saturated rings. The molecule has 5 heteroatoms. The van der Waals surface area contributed by atoms with Gasteiger partial charge in [-0.3, -0.25) is 10.1 Å². The molecule has 17 heavy (non-hydrogen) atoms. The van der Waals surface area contributed by atoms with Crippen molar-refractivity contribution >= 4 is 17.7 Å². The fourth-order valence-electron chi connectivity index (χ4n) is 1.71. The van der Waals surface area contributed by atoms with Crippen LogP contribution in [0.2, 0.25) is 0 Å². The molecule has 1 aliphatic rings. The van der Waals surface area contributed by atoms with Gasteiger partial charge in [-0.2, -0.15) is 0 Å². The fourth-order valence-corrected chi connectivity index (χ4v) is 2.95. The molecule has 0 bridgehead atoms. The van der Waals surface area contributed by atoms with Crippen LogP contribution >= 0.6 is 11.8 Å². The van der Waals surface area contributed by atoms with E-state index >= 15 is 0 Å². The van der Waals surface area contributed by atoms with Gasteiger partial charge in [0.25, 0.3) is 0 Å². The summed E-state index contributed by atoms with van der Waals surface area (Å²) in [5.74, 6) is 0.660. The number of hydrogen-bond donors (Lipinski definition) is 2. The minimum Gasteiger partial charge on any atom is -0.494 e. The van der Waals surface area contributed by atoms with Crippen molar-refractivity contribution in [3.05, 3.63) is 29.8 Å². The molecule has 0 amide bonds. The van der Waals surface area contributed by atoms with Crippen LogP contribution < -0.4 is 10.1 Å². The monoisotopic (exact) mass is 253 g/mol. The summed E-state index contributed by atoms with van der Waals surface area (Å²) in [5, 5.41) is 12.0. The highest BCUT2D eigenvalue weighted by atomic mass is 32.2.